The monoisotopic (exact) mass is 526 g/mol. The van der Waals surface area contributed by atoms with Crippen LogP contribution in [-0.2, 0) is 9.59 Å². The van der Waals surface area contributed by atoms with Crippen LogP contribution in [-0.4, -0.2) is 82.5 Å². The summed E-state index contributed by atoms with van der Waals surface area (Å²) in [5.41, 5.74) is -0.994. The largest absolute Gasteiger partial charge is 0.354 e. The van der Waals surface area contributed by atoms with Crippen molar-refractivity contribution in [2.24, 2.45) is 0 Å². The molecule has 0 bridgehead atoms. The Morgan fingerprint density at radius 1 is 0.658 bits per heavy atom. The van der Waals surface area contributed by atoms with Gasteiger partial charge in [0.05, 0.1) is 9.85 Å². The van der Waals surface area contributed by atoms with Crippen molar-refractivity contribution in [3.8, 4) is 0 Å². The number of nitrogens with one attached hydrogen (secondary N) is 2. The molecule has 0 spiro atoms. The van der Waals surface area contributed by atoms with Crippen molar-refractivity contribution in [3.63, 3.8) is 0 Å². The summed E-state index contributed by atoms with van der Waals surface area (Å²) in [7, 11) is 0. The van der Waals surface area contributed by atoms with Crippen molar-refractivity contribution in [2.45, 2.75) is 12.8 Å². The smallest absolute Gasteiger partial charge is 0.282 e. The molecule has 3 rings (SSSR count). The minimum absolute atomic E-state index is 0.00489. The van der Waals surface area contributed by atoms with E-state index in [1.54, 1.807) is 0 Å². The van der Waals surface area contributed by atoms with Gasteiger partial charge in [-0.1, -0.05) is 24.3 Å². The maximum absolute atomic E-state index is 13.1. The maximum atomic E-state index is 13.1. The number of nitrogens with zero attached hydrogens (tertiary/aromatic N) is 4. The third kappa shape index (κ3) is 7.09. The summed E-state index contributed by atoms with van der Waals surface area (Å²) in [5.74, 6) is -2.14. The van der Waals surface area contributed by atoms with E-state index >= 15 is 0 Å². The van der Waals surface area contributed by atoms with Gasteiger partial charge in [0.25, 0.3) is 23.2 Å². The van der Waals surface area contributed by atoms with Crippen molar-refractivity contribution in [2.75, 3.05) is 39.3 Å². The zero-order chi connectivity index (χ0) is 27.7. The zero-order valence-corrected chi connectivity index (χ0v) is 20.3. The minimum Gasteiger partial charge on any atom is -0.354 e. The second kappa shape index (κ2) is 12.9. The third-order valence-corrected chi connectivity index (χ3v) is 5.86. The van der Waals surface area contributed by atoms with Gasteiger partial charge in [0.2, 0.25) is 11.8 Å². The zero-order valence-electron chi connectivity index (χ0n) is 20.3. The van der Waals surface area contributed by atoms with Gasteiger partial charge in [0.1, 0.15) is 11.1 Å². The van der Waals surface area contributed by atoms with Gasteiger partial charge >= 0.3 is 0 Å². The highest BCUT2D eigenvalue weighted by molar-refractivity contribution is 5.99. The molecule has 200 valence electrons. The van der Waals surface area contributed by atoms with Crippen molar-refractivity contribution < 1.29 is 29.0 Å². The Balaban J connectivity index is 1.73. The lowest BCUT2D eigenvalue weighted by Crippen LogP contribution is -2.44. The lowest BCUT2D eigenvalue weighted by molar-refractivity contribution is -0.385. The molecule has 1 fully saturated rings. The Morgan fingerprint density at radius 3 is 1.39 bits per heavy atom. The van der Waals surface area contributed by atoms with Crippen molar-refractivity contribution in [1.29, 1.82) is 0 Å². The second-order valence-electron chi connectivity index (χ2n) is 8.33. The molecule has 4 amide bonds. The summed E-state index contributed by atoms with van der Waals surface area (Å²) in [4.78, 5) is 74.9. The first-order chi connectivity index (χ1) is 18.2. The molecule has 1 saturated heterocycles. The number of amides is 4. The molecule has 14 nitrogen and oxygen atoms in total. The quantitative estimate of drug-likeness (QED) is 0.438. The predicted molar refractivity (Wildman–Crippen MR) is 133 cm³/mol. The Kier molecular flexibility index (Phi) is 9.40. The number of carbonyl (C=O) groups is 4. The molecule has 2 aromatic rings. The summed E-state index contributed by atoms with van der Waals surface area (Å²) in [6.45, 7) is -0.141. The number of carbonyl (C=O) groups excluding carboxylic acids is 4. The molecule has 2 N–H and O–H groups in total. The number of hydrogen-bond donors (Lipinski definition) is 2. The number of hydrogen-bond acceptors (Lipinski definition) is 8. The predicted octanol–water partition coefficient (Wildman–Crippen LogP) is 1.11. The normalized spacial score (nSPS) is 15.6. The molecule has 0 aliphatic carbocycles. The van der Waals surface area contributed by atoms with Crippen LogP contribution in [0.1, 0.15) is 33.6 Å². The standard InChI is InChI=1S/C24H26N6O8/c31-21-9-13-27(23(33)17-5-1-3-7-19(17)29(35)36)15-11-25-22(32)10-14-28(16-12-26-21)24(34)18-6-2-4-8-20(18)30(37)38/h1-8H,9-16H2,(H,25,32)(H,26,31). The number of nitro benzene ring substituents is 2. The molecule has 2 aromatic carbocycles. The molecule has 38 heavy (non-hydrogen) atoms. The molecule has 0 aromatic heterocycles. The van der Waals surface area contributed by atoms with E-state index in [-0.39, 0.29) is 74.6 Å². The van der Waals surface area contributed by atoms with Crippen LogP contribution in [0.2, 0.25) is 0 Å². The summed E-state index contributed by atoms with van der Waals surface area (Å²) in [6.07, 6.45) is -0.253. The van der Waals surface area contributed by atoms with Gasteiger partial charge in [-0.25, -0.2) is 0 Å². The van der Waals surface area contributed by atoms with E-state index in [2.05, 4.69) is 10.6 Å². The van der Waals surface area contributed by atoms with Crippen LogP contribution >= 0.6 is 0 Å². The lowest BCUT2D eigenvalue weighted by atomic mass is 10.1. The van der Waals surface area contributed by atoms with E-state index in [0.717, 1.165) is 0 Å². The number of rotatable bonds is 4. The highest BCUT2D eigenvalue weighted by Crippen LogP contribution is 2.21. The fraction of sp³-hybridized carbons (Fsp3) is 0.333. The number of benzene rings is 2. The number of para-hydroxylation sites is 2. The van der Waals surface area contributed by atoms with E-state index in [1.807, 2.05) is 0 Å². The molecular weight excluding hydrogens is 500 g/mol. The van der Waals surface area contributed by atoms with E-state index in [9.17, 15) is 39.4 Å². The molecule has 1 aliphatic heterocycles. The molecule has 1 aliphatic rings. The van der Waals surface area contributed by atoms with Crippen LogP contribution in [0.3, 0.4) is 0 Å². The first-order valence-electron chi connectivity index (χ1n) is 11.8. The summed E-state index contributed by atoms with van der Waals surface area (Å²) < 4.78 is 0. The van der Waals surface area contributed by atoms with Crippen LogP contribution < -0.4 is 10.6 Å². The molecule has 0 saturated carbocycles. The SMILES string of the molecule is O=C1CCN(C(=O)c2ccccc2[N+](=O)[O-])CCNC(=O)CCN(C(=O)c2ccccc2[N+](=O)[O-])CCN1. The topological polar surface area (TPSA) is 185 Å². The Bertz CT molecular complexity index is 1150. The van der Waals surface area contributed by atoms with Crippen molar-refractivity contribution >= 4 is 35.0 Å². The van der Waals surface area contributed by atoms with Crippen LogP contribution in [0.15, 0.2) is 48.5 Å². The van der Waals surface area contributed by atoms with E-state index in [1.165, 1.54) is 58.3 Å². The molecule has 14 heteroatoms. The third-order valence-electron chi connectivity index (χ3n) is 5.86. The molecule has 0 radical (unpaired) electrons. The van der Waals surface area contributed by atoms with E-state index in [4.69, 9.17) is 0 Å². The molecule has 0 atom stereocenters. The fourth-order valence-electron chi connectivity index (χ4n) is 3.91. The highest BCUT2D eigenvalue weighted by Gasteiger charge is 2.27. The average molecular weight is 527 g/mol. The van der Waals surface area contributed by atoms with Gasteiger partial charge in [-0.05, 0) is 12.1 Å². The van der Waals surface area contributed by atoms with Crippen molar-refractivity contribution in [3.05, 3.63) is 79.9 Å². The minimum atomic E-state index is -0.664. The van der Waals surface area contributed by atoms with E-state index < -0.39 is 33.5 Å². The van der Waals surface area contributed by atoms with Gasteiger partial charge in [-0.15, -0.1) is 0 Å². The summed E-state index contributed by atoms with van der Waals surface area (Å²) in [6, 6.07) is 10.9. The molecular formula is C24H26N6O8. The first kappa shape index (κ1) is 27.7. The van der Waals surface area contributed by atoms with Gasteiger partial charge in [0.15, 0.2) is 0 Å². The van der Waals surface area contributed by atoms with Gasteiger partial charge in [0, 0.05) is 64.2 Å². The second-order valence-corrected chi connectivity index (χ2v) is 8.33. The van der Waals surface area contributed by atoms with Gasteiger partial charge in [-0.3, -0.25) is 39.4 Å². The van der Waals surface area contributed by atoms with Crippen LogP contribution in [0.4, 0.5) is 11.4 Å². The van der Waals surface area contributed by atoms with Gasteiger partial charge < -0.3 is 20.4 Å². The van der Waals surface area contributed by atoms with Crippen LogP contribution in [0, 0.1) is 20.2 Å². The van der Waals surface area contributed by atoms with Crippen molar-refractivity contribution in [1.82, 2.24) is 20.4 Å². The Labute approximate surface area is 216 Å². The number of nitro groups is 2. The van der Waals surface area contributed by atoms with Crippen LogP contribution in [0.25, 0.3) is 0 Å². The Morgan fingerprint density at radius 2 is 1.03 bits per heavy atom. The average Bonchev–Trinajstić information content (AvgIpc) is 2.91. The first-order valence-corrected chi connectivity index (χ1v) is 11.8. The molecule has 1 heterocycles. The fourth-order valence-corrected chi connectivity index (χ4v) is 3.91. The maximum Gasteiger partial charge on any atom is 0.282 e. The summed E-state index contributed by atoms with van der Waals surface area (Å²) >= 11 is 0. The van der Waals surface area contributed by atoms with Crippen LogP contribution in [0.5, 0.6) is 0 Å². The van der Waals surface area contributed by atoms with Gasteiger partial charge in [-0.2, -0.15) is 0 Å². The summed E-state index contributed by atoms with van der Waals surface area (Å²) in [5, 5.41) is 28.0. The highest BCUT2D eigenvalue weighted by atomic mass is 16.6. The van der Waals surface area contributed by atoms with E-state index in [0.29, 0.717) is 0 Å². The lowest BCUT2D eigenvalue weighted by Gasteiger charge is -2.25. The Hall–Kier alpha value is -4.88. The molecule has 0 unspecified atom stereocenters.